The summed E-state index contributed by atoms with van der Waals surface area (Å²) in [6.45, 7) is 1.35. The predicted molar refractivity (Wildman–Crippen MR) is 99.4 cm³/mol. The van der Waals surface area contributed by atoms with Gasteiger partial charge in [0.15, 0.2) is 5.69 Å². The Hall–Kier alpha value is -4.08. The molecule has 0 bridgehead atoms. The second-order valence-electron chi connectivity index (χ2n) is 5.89. The lowest BCUT2D eigenvalue weighted by atomic mass is 10.1. The summed E-state index contributed by atoms with van der Waals surface area (Å²) in [7, 11) is 0. The molecule has 0 saturated heterocycles. The number of anilines is 1. The maximum absolute atomic E-state index is 12.7. The Balaban J connectivity index is 2.04. The number of nitro groups is 1. The first-order valence-corrected chi connectivity index (χ1v) is 8.10. The molecule has 0 saturated carbocycles. The summed E-state index contributed by atoms with van der Waals surface area (Å²) in [6.07, 6.45) is 0. The van der Waals surface area contributed by atoms with E-state index < -0.39 is 28.4 Å². The molecular weight excluding hydrogens is 368 g/mol. The van der Waals surface area contributed by atoms with Crippen LogP contribution in [0.3, 0.4) is 0 Å². The molecule has 0 aliphatic rings. The Morgan fingerprint density at radius 2 is 1.75 bits per heavy atom. The monoisotopic (exact) mass is 382 g/mol. The van der Waals surface area contributed by atoms with Crippen LogP contribution in [0.5, 0.6) is 0 Å². The number of carbonyl (C=O) groups excluding carboxylic acids is 1. The van der Waals surface area contributed by atoms with Gasteiger partial charge in [0.25, 0.3) is 11.2 Å². The number of aromatic carboxylic acids is 1. The number of amides is 1. The van der Waals surface area contributed by atoms with Gasteiger partial charge in [-0.2, -0.15) is 5.10 Å². The molecule has 1 aromatic heterocycles. The number of carboxylic acid groups (broad SMARTS) is 1. The highest BCUT2D eigenvalue weighted by atomic mass is 16.6. The molecule has 0 radical (unpaired) electrons. The zero-order chi connectivity index (χ0) is 20.4. The summed E-state index contributed by atoms with van der Waals surface area (Å²) in [5, 5.41) is 27.0. The van der Waals surface area contributed by atoms with Gasteiger partial charge in [-0.05, 0) is 19.1 Å². The van der Waals surface area contributed by atoms with Crippen molar-refractivity contribution >= 4 is 34.0 Å². The van der Waals surface area contributed by atoms with E-state index in [1.807, 2.05) is 0 Å². The summed E-state index contributed by atoms with van der Waals surface area (Å²) in [5.74, 6) is -2.10. The lowest BCUT2D eigenvalue weighted by molar-refractivity contribution is -0.383. The van der Waals surface area contributed by atoms with E-state index in [0.29, 0.717) is 0 Å². The number of carboxylic acids is 1. The van der Waals surface area contributed by atoms with Crippen molar-refractivity contribution in [3.63, 3.8) is 0 Å². The third-order valence-electron chi connectivity index (χ3n) is 4.14. The second-order valence-corrected chi connectivity index (χ2v) is 5.89. The topological polar surface area (TPSA) is 144 Å². The minimum Gasteiger partial charge on any atom is -0.476 e. The van der Waals surface area contributed by atoms with Gasteiger partial charge in [-0.3, -0.25) is 19.7 Å². The van der Waals surface area contributed by atoms with Gasteiger partial charge >= 0.3 is 5.97 Å². The molecule has 1 heterocycles. The van der Waals surface area contributed by atoms with Gasteiger partial charge in [-0.25, -0.2) is 9.48 Å². The van der Waals surface area contributed by atoms with Crippen LogP contribution in [0.25, 0.3) is 10.8 Å². The number of fused-ring (bicyclic) bond motifs is 1. The van der Waals surface area contributed by atoms with Gasteiger partial charge in [-0.1, -0.05) is 30.3 Å². The van der Waals surface area contributed by atoms with E-state index >= 15 is 0 Å². The molecule has 142 valence electrons. The van der Waals surface area contributed by atoms with Crippen molar-refractivity contribution in [2.75, 3.05) is 5.32 Å². The van der Waals surface area contributed by atoms with Crippen LogP contribution < -0.4 is 10.9 Å². The van der Waals surface area contributed by atoms with E-state index in [-0.39, 0.29) is 27.8 Å². The molecule has 3 rings (SSSR count). The fraction of sp³-hybridized carbons (Fsp3) is 0.111. The van der Waals surface area contributed by atoms with Gasteiger partial charge < -0.3 is 10.4 Å². The van der Waals surface area contributed by atoms with Crippen molar-refractivity contribution in [2.24, 2.45) is 0 Å². The Morgan fingerprint density at radius 1 is 1.14 bits per heavy atom. The molecule has 2 aromatic carbocycles. The summed E-state index contributed by atoms with van der Waals surface area (Å²) >= 11 is 0. The number of nitrogens with zero attached hydrogens (tertiary/aromatic N) is 3. The van der Waals surface area contributed by atoms with E-state index in [4.69, 9.17) is 0 Å². The Kier molecular flexibility index (Phi) is 4.86. The van der Waals surface area contributed by atoms with E-state index in [1.165, 1.54) is 43.3 Å². The quantitative estimate of drug-likeness (QED) is 0.508. The van der Waals surface area contributed by atoms with Crippen molar-refractivity contribution < 1.29 is 19.6 Å². The molecule has 3 aromatic rings. The standard InChI is InChI=1S/C18H14N4O6/c1-10(16(23)19-13-8-4-5-9-14(13)22(27)28)21-17(24)12-7-3-2-6-11(12)15(20-21)18(25)26/h2-10H,1H3,(H,19,23)(H,25,26)/t10-/m0/s1. The lowest BCUT2D eigenvalue weighted by Gasteiger charge is -2.15. The maximum atomic E-state index is 12.7. The predicted octanol–water partition coefficient (Wildman–Crippen LogP) is 2.20. The Labute approximate surface area is 157 Å². The average molecular weight is 382 g/mol. The zero-order valence-corrected chi connectivity index (χ0v) is 14.5. The first-order chi connectivity index (χ1) is 13.3. The fourth-order valence-corrected chi connectivity index (χ4v) is 2.71. The first-order valence-electron chi connectivity index (χ1n) is 8.10. The SMILES string of the molecule is C[C@@H](C(=O)Nc1ccccc1[N+](=O)[O-])n1nc(C(=O)O)c2ccccc2c1=O. The van der Waals surface area contributed by atoms with Crippen molar-refractivity contribution in [1.82, 2.24) is 9.78 Å². The number of carbonyl (C=O) groups is 2. The van der Waals surface area contributed by atoms with Crippen LogP contribution in [-0.2, 0) is 4.79 Å². The molecule has 0 aliphatic carbocycles. The van der Waals surface area contributed by atoms with Crippen molar-refractivity contribution in [3.05, 3.63) is 74.7 Å². The zero-order valence-electron chi connectivity index (χ0n) is 14.5. The lowest BCUT2D eigenvalue weighted by Crippen LogP contribution is -2.35. The number of hydrogen-bond donors (Lipinski definition) is 2. The molecular formula is C18H14N4O6. The molecule has 10 heteroatoms. The van der Waals surface area contributed by atoms with Crippen LogP contribution in [0.1, 0.15) is 23.5 Å². The van der Waals surface area contributed by atoms with E-state index in [0.717, 1.165) is 4.68 Å². The Bertz CT molecular complexity index is 1170. The highest BCUT2D eigenvalue weighted by molar-refractivity contribution is 6.01. The van der Waals surface area contributed by atoms with Crippen molar-refractivity contribution in [1.29, 1.82) is 0 Å². The minimum absolute atomic E-state index is 0.0448. The van der Waals surface area contributed by atoms with E-state index in [9.17, 15) is 29.6 Å². The summed E-state index contributed by atoms with van der Waals surface area (Å²) in [4.78, 5) is 47.2. The van der Waals surface area contributed by atoms with E-state index in [1.54, 1.807) is 12.1 Å². The van der Waals surface area contributed by atoms with E-state index in [2.05, 4.69) is 10.4 Å². The van der Waals surface area contributed by atoms with Crippen LogP contribution >= 0.6 is 0 Å². The first kappa shape index (κ1) is 18.7. The molecule has 0 fully saturated rings. The molecule has 0 spiro atoms. The summed E-state index contributed by atoms with van der Waals surface area (Å²) < 4.78 is 0.760. The molecule has 28 heavy (non-hydrogen) atoms. The number of hydrogen-bond acceptors (Lipinski definition) is 6. The third kappa shape index (κ3) is 3.30. The van der Waals surface area contributed by atoms with Crippen LogP contribution in [0.15, 0.2) is 53.3 Å². The molecule has 0 aliphatic heterocycles. The fourth-order valence-electron chi connectivity index (χ4n) is 2.71. The van der Waals surface area contributed by atoms with Crippen molar-refractivity contribution in [3.8, 4) is 0 Å². The number of nitro benzene ring substituents is 1. The third-order valence-corrected chi connectivity index (χ3v) is 4.14. The summed E-state index contributed by atoms with van der Waals surface area (Å²) in [5.41, 5.74) is -1.38. The minimum atomic E-state index is -1.35. The number of aromatic nitrogens is 2. The number of nitrogens with one attached hydrogen (secondary N) is 1. The number of benzene rings is 2. The maximum Gasteiger partial charge on any atom is 0.357 e. The normalized spacial score (nSPS) is 11.8. The highest BCUT2D eigenvalue weighted by Crippen LogP contribution is 2.24. The largest absolute Gasteiger partial charge is 0.476 e. The van der Waals surface area contributed by atoms with Gasteiger partial charge in [-0.15, -0.1) is 0 Å². The molecule has 1 atom stereocenters. The average Bonchev–Trinajstić information content (AvgIpc) is 2.68. The molecule has 2 N–H and O–H groups in total. The smallest absolute Gasteiger partial charge is 0.357 e. The molecule has 10 nitrogen and oxygen atoms in total. The highest BCUT2D eigenvalue weighted by Gasteiger charge is 2.24. The van der Waals surface area contributed by atoms with Gasteiger partial charge in [0.1, 0.15) is 11.7 Å². The number of rotatable bonds is 5. The van der Waals surface area contributed by atoms with Crippen LogP contribution in [-0.4, -0.2) is 31.7 Å². The molecule has 0 unspecified atom stereocenters. The Morgan fingerprint density at radius 3 is 2.39 bits per heavy atom. The van der Waals surface area contributed by atoms with Crippen molar-refractivity contribution in [2.45, 2.75) is 13.0 Å². The van der Waals surface area contributed by atoms with Crippen LogP contribution in [0.2, 0.25) is 0 Å². The summed E-state index contributed by atoms with van der Waals surface area (Å²) in [6, 6.07) is 10.4. The van der Waals surface area contributed by atoms with Gasteiger partial charge in [0.05, 0.1) is 10.3 Å². The van der Waals surface area contributed by atoms with Crippen LogP contribution in [0.4, 0.5) is 11.4 Å². The van der Waals surface area contributed by atoms with Gasteiger partial charge in [0.2, 0.25) is 5.91 Å². The number of para-hydroxylation sites is 2. The second kappa shape index (κ2) is 7.27. The van der Waals surface area contributed by atoms with Crippen LogP contribution in [0, 0.1) is 10.1 Å². The van der Waals surface area contributed by atoms with Gasteiger partial charge in [0, 0.05) is 11.5 Å². The molecule has 1 amide bonds.